The smallest absolute Gasteiger partial charge is 0.317 e. The average Bonchev–Trinajstić information content (AvgIpc) is 3.14. The second kappa shape index (κ2) is 11.8. The van der Waals surface area contributed by atoms with E-state index >= 15 is 0 Å². The minimum atomic E-state index is -3.70. The Labute approximate surface area is 184 Å². The minimum Gasteiger partial charge on any atom is -0.383 e. The van der Waals surface area contributed by atoms with Crippen LogP contribution in [0.4, 0.5) is 4.79 Å². The Hall–Kier alpha value is -2.43. The molecule has 1 aromatic carbocycles. The van der Waals surface area contributed by atoms with Gasteiger partial charge in [-0.05, 0) is 19.4 Å². The number of urea groups is 1. The molecule has 0 fully saturated rings. The highest BCUT2D eigenvalue weighted by atomic mass is 32.2. The monoisotopic (exact) mass is 452 g/mol. The van der Waals surface area contributed by atoms with Crippen LogP contribution in [0.2, 0.25) is 0 Å². The average molecular weight is 453 g/mol. The number of imidazole rings is 1. The van der Waals surface area contributed by atoms with Crippen molar-refractivity contribution in [2.45, 2.75) is 37.8 Å². The Bertz CT molecular complexity index is 941. The molecule has 0 saturated carbocycles. The zero-order valence-corrected chi connectivity index (χ0v) is 19.4. The van der Waals surface area contributed by atoms with Crippen LogP contribution in [0.3, 0.4) is 0 Å². The summed E-state index contributed by atoms with van der Waals surface area (Å²) in [6.07, 6.45) is 1.51. The second-order valence-corrected chi connectivity index (χ2v) is 9.05. The van der Waals surface area contributed by atoms with Crippen molar-refractivity contribution in [3.05, 3.63) is 47.3 Å². The van der Waals surface area contributed by atoms with Gasteiger partial charge >= 0.3 is 6.03 Å². The van der Waals surface area contributed by atoms with Crippen LogP contribution in [0.25, 0.3) is 0 Å². The first-order chi connectivity index (χ1) is 14.8. The van der Waals surface area contributed by atoms with Gasteiger partial charge in [-0.2, -0.15) is 0 Å². The molecular formula is C21H32N4O5S. The molecule has 9 nitrogen and oxygen atoms in total. The molecule has 31 heavy (non-hydrogen) atoms. The Morgan fingerprint density at radius 1 is 1.16 bits per heavy atom. The number of nitrogens with zero attached hydrogens (tertiary/aromatic N) is 3. The maximum Gasteiger partial charge on any atom is 0.317 e. The molecule has 0 radical (unpaired) electrons. The molecule has 0 saturated heterocycles. The fraction of sp³-hybridized carbons (Fsp3) is 0.524. The zero-order valence-electron chi connectivity index (χ0n) is 18.6. The van der Waals surface area contributed by atoms with Crippen molar-refractivity contribution in [3.63, 3.8) is 0 Å². The molecule has 0 atom stereocenters. The lowest BCUT2D eigenvalue weighted by Gasteiger charge is -2.23. The largest absolute Gasteiger partial charge is 0.383 e. The van der Waals surface area contributed by atoms with E-state index in [1.807, 2.05) is 26.0 Å². The zero-order chi connectivity index (χ0) is 22.9. The van der Waals surface area contributed by atoms with Gasteiger partial charge in [0.05, 0.1) is 37.4 Å². The Morgan fingerprint density at radius 2 is 1.84 bits per heavy atom. The number of nitrogens with one attached hydrogen (secondary N) is 1. The molecule has 0 spiro atoms. The highest BCUT2D eigenvalue weighted by Gasteiger charge is 2.25. The summed E-state index contributed by atoms with van der Waals surface area (Å²) in [4.78, 5) is 18.2. The molecule has 1 aromatic heterocycles. The molecule has 0 aliphatic rings. The van der Waals surface area contributed by atoms with E-state index in [0.717, 1.165) is 5.56 Å². The van der Waals surface area contributed by atoms with Gasteiger partial charge in [0, 0.05) is 33.9 Å². The number of carbonyl (C=O) groups is 1. The minimum absolute atomic E-state index is 0.0253. The number of carbonyl (C=O) groups excluding carboxylic acids is 1. The van der Waals surface area contributed by atoms with Gasteiger partial charge in [0.2, 0.25) is 15.0 Å². The summed E-state index contributed by atoms with van der Waals surface area (Å²) in [6.45, 7) is 5.83. The molecule has 0 aliphatic heterocycles. The van der Waals surface area contributed by atoms with Gasteiger partial charge in [-0.3, -0.25) is 0 Å². The molecular weight excluding hydrogens is 420 g/mol. The molecule has 10 heteroatoms. The summed E-state index contributed by atoms with van der Waals surface area (Å²) < 4.78 is 38.2. The number of benzene rings is 1. The van der Waals surface area contributed by atoms with E-state index in [1.165, 1.54) is 6.20 Å². The standard InChI is InChI=1S/C21H32N4O5S/c1-5-22-20(26)24(10-12-29-3)15-19-14-23-21(25(19)11-13-30-4)31(27,28)16-18-8-6-17(2)7-9-18/h6-9,14H,5,10-13,15-16H2,1-4H3,(H,22,26). The highest BCUT2D eigenvalue weighted by Crippen LogP contribution is 2.19. The number of rotatable bonds is 12. The van der Waals surface area contributed by atoms with Crippen LogP contribution in [0.15, 0.2) is 35.6 Å². The van der Waals surface area contributed by atoms with Crippen molar-refractivity contribution in [1.29, 1.82) is 0 Å². The van der Waals surface area contributed by atoms with Crippen molar-refractivity contribution < 1.29 is 22.7 Å². The van der Waals surface area contributed by atoms with Gasteiger partial charge in [0.25, 0.3) is 0 Å². The van der Waals surface area contributed by atoms with Crippen molar-refractivity contribution in [2.24, 2.45) is 0 Å². The number of hydrogen-bond donors (Lipinski definition) is 1. The SMILES string of the molecule is CCNC(=O)N(CCOC)Cc1cnc(S(=O)(=O)Cc2ccc(C)cc2)n1CCOC. The van der Waals surface area contributed by atoms with E-state index < -0.39 is 9.84 Å². The molecule has 2 amide bonds. The maximum absolute atomic E-state index is 13.1. The van der Waals surface area contributed by atoms with Crippen LogP contribution in [-0.2, 0) is 38.2 Å². The van der Waals surface area contributed by atoms with E-state index in [2.05, 4.69) is 10.3 Å². The normalized spacial score (nSPS) is 11.5. The van der Waals surface area contributed by atoms with Crippen LogP contribution < -0.4 is 5.32 Å². The predicted octanol–water partition coefficient (Wildman–Crippen LogP) is 1.99. The quantitative estimate of drug-likeness (QED) is 0.528. The van der Waals surface area contributed by atoms with E-state index in [4.69, 9.17) is 9.47 Å². The van der Waals surface area contributed by atoms with Gasteiger partial charge in [0.15, 0.2) is 0 Å². The summed E-state index contributed by atoms with van der Waals surface area (Å²) >= 11 is 0. The number of aromatic nitrogens is 2. The lowest BCUT2D eigenvalue weighted by atomic mass is 10.2. The summed E-state index contributed by atoms with van der Waals surface area (Å²) in [5.41, 5.74) is 2.37. The van der Waals surface area contributed by atoms with Crippen molar-refractivity contribution >= 4 is 15.9 Å². The summed E-state index contributed by atoms with van der Waals surface area (Å²) in [5, 5.41) is 2.75. The maximum atomic E-state index is 13.1. The lowest BCUT2D eigenvalue weighted by molar-refractivity contribution is 0.144. The van der Waals surface area contributed by atoms with Crippen molar-refractivity contribution in [1.82, 2.24) is 19.8 Å². The number of ether oxygens (including phenoxy) is 2. The van der Waals surface area contributed by atoms with Crippen molar-refractivity contribution in [2.75, 3.05) is 40.5 Å². The third-order valence-electron chi connectivity index (χ3n) is 4.71. The number of methoxy groups -OCH3 is 2. The van der Waals surface area contributed by atoms with Crippen LogP contribution in [0.5, 0.6) is 0 Å². The topological polar surface area (TPSA) is 103 Å². The third kappa shape index (κ3) is 7.05. The fourth-order valence-corrected chi connectivity index (χ4v) is 4.59. The fourth-order valence-electron chi connectivity index (χ4n) is 3.07. The van der Waals surface area contributed by atoms with Crippen LogP contribution in [0.1, 0.15) is 23.7 Å². The first-order valence-corrected chi connectivity index (χ1v) is 11.8. The molecule has 0 unspecified atom stereocenters. The van der Waals surface area contributed by atoms with Gasteiger partial charge < -0.3 is 24.3 Å². The number of hydrogen-bond acceptors (Lipinski definition) is 6. The summed E-state index contributed by atoms with van der Waals surface area (Å²) in [7, 11) is -0.581. The lowest BCUT2D eigenvalue weighted by Crippen LogP contribution is -2.41. The van der Waals surface area contributed by atoms with Gasteiger partial charge in [-0.25, -0.2) is 18.2 Å². The first kappa shape index (κ1) is 24.8. The van der Waals surface area contributed by atoms with E-state index in [0.29, 0.717) is 44.1 Å². The Morgan fingerprint density at radius 3 is 2.45 bits per heavy atom. The van der Waals surface area contributed by atoms with Gasteiger partial charge in [0.1, 0.15) is 0 Å². The first-order valence-electron chi connectivity index (χ1n) is 10.2. The second-order valence-electron chi connectivity index (χ2n) is 7.17. The predicted molar refractivity (Wildman–Crippen MR) is 118 cm³/mol. The molecule has 1 N–H and O–H groups in total. The highest BCUT2D eigenvalue weighted by molar-refractivity contribution is 7.90. The molecule has 0 aliphatic carbocycles. The number of amides is 2. The molecule has 2 aromatic rings. The Kier molecular flexibility index (Phi) is 9.47. The van der Waals surface area contributed by atoms with Crippen LogP contribution in [0, 0.1) is 6.92 Å². The summed E-state index contributed by atoms with van der Waals surface area (Å²) in [6, 6.07) is 7.12. The van der Waals surface area contributed by atoms with Crippen LogP contribution in [-0.4, -0.2) is 69.4 Å². The summed E-state index contributed by atoms with van der Waals surface area (Å²) in [5.74, 6) is -0.152. The number of sulfone groups is 1. The van der Waals surface area contributed by atoms with E-state index in [-0.39, 0.29) is 23.5 Å². The molecule has 0 bridgehead atoms. The van der Waals surface area contributed by atoms with Crippen LogP contribution >= 0.6 is 0 Å². The third-order valence-corrected chi connectivity index (χ3v) is 6.31. The van der Waals surface area contributed by atoms with E-state index in [1.54, 1.807) is 35.8 Å². The van der Waals surface area contributed by atoms with Gasteiger partial charge in [-0.15, -0.1) is 0 Å². The van der Waals surface area contributed by atoms with E-state index in [9.17, 15) is 13.2 Å². The Balaban J connectivity index is 2.34. The molecule has 172 valence electrons. The number of aryl methyl sites for hydroxylation is 1. The van der Waals surface area contributed by atoms with Gasteiger partial charge in [-0.1, -0.05) is 29.8 Å². The molecule has 1 heterocycles. The van der Waals surface area contributed by atoms with Crippen molar-refractivity contribution in [3.8, 4) is 0 Å². The molecule has 2 rings (SSSR count).